The summed E-state index contributed by atoms with van der Waals surface area (Å²) in [6, 6.07) is 6.36. The molecule has 4 heterocycles. The Hall–Kier alpha value is -3.41. The van der Waals surface area contributed by atoms with E-state index in [4.69, 9.17) is 4.74 Å². The number of hydrogen-bond donors (Lipinski definition) is 0. The first-order valence-electron chi connectivity index (χ1n) is 13.0. The van der Waals surface area contributed by atoms with Crippen LogP contribution in [0.3, 0.4) is 0 Å². The van der Waals surface area contributed by atoms with Crippen LogP contribution >= 0.6 is 0 Å². The summed E-state index contributed by atoms with van der Waals surface area (Å²) in [7, 11) is 0. The molecule has 1 aromatic carbocycles. The van der Waals surface area contributed by atoms with Crippen molar-refractivity contribution in [1.82, 2.24) is 19.5 Å². The van der Waals surface area contributed by atoms with Gasteiger partial charge in [0.15, 0.2) is 0 Å². The van der Waals surface area contributed by atoms with Gasteiger partial charge in [0.1, 0.15) is 17.0 Å². The van der Waals surface area contributed by atoms with Crippen molar-refractivity contribution in [2.24, 2.45) is 5.41 Å². The van der Waals surface area contributed by atoms with Gasteiger partial charge in [0.25, 0.3) is 5.91 Å². The van der Waals surface area contributed by atoms with Gasteiger partial charge in [-0.25, -0.2) is 9.78 Å². The molecule has 0 radical (unpaired) electrons. The molecule has 1 aromatic heterocycles. The summed E-state index contributed by atoms with van der Waals surface area (Å²) in [4.78, 5) is 47.7. The Bertz CT molecular complexity index is 1320. The SMILES string of the molecule is CC1(C)Cc2cccc(CN3CCC4(CC3)CCN(C(=O)c3cn(OC(=O)C(F)(F)F)c(=O)cn3)CC4)c2O1. The van der Waals surface area contributed by atoms with Crippen molar-refractivity contribution in [2.45, 2.75) is 64.3 Å². The number of ether oxygens (including phenoxy) is 1. The lowest BCUT2D eigenvalue weighted by molar-refractivity contribution is -0.200. The summed E-state index contributed by atoms with van der Waals surface area (Å²) in [5, 5.41) is 0. The molecular weight excluding hydrogens is 517 g/mol. The number of benzene rings is 1. The second kappa shape index (κ2) is 9.96. The number of alkyl halides is 3. The highest BCUT2D eigenvalue weighted by molar-refractivity contribution is 5.92. The number of nitrogens with zero attached hydrogens (tertiary/aromatic N) is 4. The normalized spacial score (nSPS) is 20.4. The highest BCUT2D eigenvalue weighted by atomic mass is 19.4. The zero-order valence-electron chi connectivity index (χ0n) is 21.9. The fourth-order valence-electron chi connectivity index (χ4n) is 5.79. The Labute approximate surface area is 223 Å². The van der Waals surface area contributed by atoms with E-state index in [-0.39, 0.29) is 21.4 Å². The topological polar surface area (TPSA) is 94.0 Å². The summed E-state index contributed by atoms with van der Waals surface area (Å²) in [6.07, 6.45) is 0.619. The lowest BCUT2D eigenvalue weighted by Crippen LogP contribution is -2.48. The minimum atomic E-state index is -5.28. The molecule has 0 N–H and O–H groups in total. The number of likely N-dealkylation sites (tertiary alicyclic amines) is 2. The maximum absolute atomic E-state index is 13.0. The lowest BCUT2D eigenvalue weighted by atomic mass is 9.71. The molecule has 3 aliphatic rings. The second-order valence-corrected chi connectivity index (χ2v) is 11.3. The predicted octanol–water partition coefficient (Wildman–Crippen LogP) is 2.99. The van der Waals surface area contributed by atoms with Crippen LogP contribution in [-0.2, 0) is 17.8 Å². The summed E-state index contributed by atoms with van der Waals surface area (Å²) >= 11 is 0. The van der Waals surface area contributed by atoms with Gasteiger partial charge >= 0.3 is 17.7 Å². The lowest BCUT2D eigenvalue weighted by Gasteiger charge is -2.47. The maximum atomic E-state index is 13.0. The average molecular weight is 549 g/mol. The second-order valence-electron chi connectivity index (χ2n) is 11.3. The van der Waals surface area contributed by atoms with Crippen molar-refractivity contribution in [3.63, 3.8) is 0 Å². The minimum absolute atomic E-state index is 0.0887. The highest BCUT2D eigenvalue weighted by Crippen LogP contribution is 2.43. The fraction of sp³-hybridized carbons (Fsp3) is 0.556. The molecule has 9 nitrogen and oxygen atoms in total. The van der Waals surface area contributed by atoms with Crippen LogP contribution < -0.4 is 15.1 Å². The number of carbonyl (C=O) groups excluding carboxylic acids is 2. The van der Waals surface area contributed by atoms with Crippen LogP contribution in [0.1, 0.15) is 61.1 Å². The van der Waals surface area contributed by atoms with E-state index >= 15 is 0 Å². The zero-order chi connectivity index (χ0) is 28.0. The van der Waals surface area contributed by atoms with E-state index in [1.54, 1.807) is 4.90 Å². The van der Waals surface area contributed by atoms with Gasteiger partial charge in [0.2, 0.25) is 0 Å². The van der Waals surface area contributed by atoms with Crippen molar-refractivity contribution < 1.29 is 32.3 Å². The van der Waals surface area contributed by atoms with Gasteiger partial charge in [0.05, 0.1) is 12.4 Å². The molecule has 2 aromatic rings. The van der Waals surface area contributed by atoms with E-state index in [2.05, 4.69) is 46.8 Å². The maximum Gasteiger partial charge on any atom is 0.493 e. The first-order valence-corrected chi connectivity index (χ1v) is 13.0. The van der Waals surface area contributed by atoms with Gasteiger partial charge in [-0.3, -0.25) is 14.5 Å². The number of rotatable bonds is 4. The first kappa shape index (κ1) is 27.2. The largest absolute Gasteiger partial charge is 0.493 e. The molecule has 1 amide bonds. The zero-order valence-corrected chi connectivity index (χ0v) is 21.9. The Morgan fingerprint density at radius 1 is 1.08 bits per heavy atom. The summed E-state index contributed by atoms with van der Waals surface area (Å²) < 4.78 is 43.9. The molecule has 2 saturated heterocycles. The minimum Gasteiger partial charge on any atom is -0.487 e. The van der Waals surface area contributed by atoms with Crippen LogP contribution in [0.25, 0.3) is 0 Å². The van der Waals surface area contributed by atoms with Crippen LogP contribution in [0.5, 0.6) is 5.75 Å². The molecule has 0 atom stereocenters. The molecule has 0 unspecified atom stereocenters. The summed E-state index contributed by atoms with van der Waals surface area (Å²) in [5.74, 6) is -2.07. The third-order valence-electron chi connectivity index (χ3n) is 8.00. The molecule has 12 heteroatoms. The van der Waals surface area contributed by atoms with Gasteiger partial charge in [-0.1, -0.05) is 18.2 Å². The monoisotopic (exact) mass is 548 g/mol. The molecular formula is C27H31F3N4O5. The number of fused-ring (bicyclic) bond motifs is 1. The molecule has 210 valence electrons. The van der Waals surface area contributed by atoms with E-state index < -0.39 is 23.6 Å². The van der Waals surface area contributed by atoms with Crippen molar-refractivity contribution >= 4 is 11.9 Å². The van der Waals surface area contributed by atoms with Crippen LogP contribution in [-0.4, -0.2) is 69.3 Å². The van der Waals surface area contributed by atoms with Crippen LogP contribution in [0, 0.1) is 5.41 Å². The number of halogens is 3. The molecule has 0 bridgehead atoms. The highest BCUT2D eigenvalue weighted by Gasteiger charge is 2.43. The van der Waals surface area contributed by atoms with E-state index in [9.17, 15) is 27.6 Å². The average Bonchev–Trinajstić information content (AvgIpc) is 3.21. The quantitative estimate of drug-likeness (QED) is 0.580. The van der Waals surface area contributed by atoms with Crippen molar-refractivity contribution in [2.75, 3.05) is 26.2 Å². The summed E-state index contributed by atoms with van der Waals surface area (Å²) in [5.41, 5.74) is 1.05. The smallest absolute Gasteiger partial charge is 0.487 e. The van der Waals surface area contributed by atoms with Crippen LogP contribution in [0.2, 0.25) is 0 Å². The third-order valence-corrected chi connectivity index (χ3v) is 8.00. The predicted molar refractivity (Wildman–Crippen MR) is 133 cm³/mol. The van der Waals surface area contributed by atoms with Gasteiger partial charge in [-0.05, 0) is 63.6 Å². The Morgan fingerprint density at radius 2 is 1.74 bits per heavy atom. The fourth-order valence-corrected chi connectivity index (χ4v) is 5.79. The summed E-state index contributed by atoms with van der Waals surface area (Å²) in [6.45, 7) is 7.87. The van der Waals surface area contributed by atoms with Crippen molar-refractivity contribution in [3.8, 4) is 5.75 Å². The Kier molecular flexibility index (Phi) is 6.94. The molecule has 0 aliphatic carbocycles. The van der Waals surface area contributed by atoms with Gasteiger partial charge in [-0.15, -0.1) is 4.73 Å². The first-order chi connectivity index (χ1) is 18.3. The molecule has 5 rings (SSSR count). The van der Waals surface area contributed by atoms with E-state index in [0.29, 0.717) is 19.3 Å². The standard InChI is InChI=1S/C27H31F3N4O5/c1-25(2)14-18-4-3-5-19(22(18)38-25)16-32-10-6-26(7-11-32)8-12-33(13-9-26)23(36)20-17-34(21(35)15-31-20)39-24(37)27(28,29)30/h3-5,15,17H,6-14,16H2,1-2H3. The van der Waals surface area contributed by atoms with Crippen LogP contribution in [0.4, 0.5) is 13.2 Å². The number of piperidine rings is 2. The molecule has 39 heavy (non-hydrogen) atoms. The third kappa shape index (κ3) is 5.80. The number of carbonyl (C=O) groups is 2. The number of amides is 1. The number of aromatic nitrogens is 2. The van der Waals surface area contributed by atoms with E-state index in [0.717, 1.165) is 63.7 Å². The Balaban J connectivity index is 1.16. The number of hydrogen-bond acceptors (Lipinski definition) is 7. The molecule has 3 aliphatic heterocycles. The Morgan fingerprint density at radius 3 is 2.41 bits per heavy atom. The van der Waals surface area contributed by atoms with Crippen molar-refractivity contribution in [1.29, 1.82) is 0 Å². The van der Waals surface area contributed by atoms with E-state index in [1.807, 2.05) is 0 Å². The molecule has 1 spiro atoms. The van der Waals surface area contributed by atoms with Gasteiger partial charge in [-0.2, -0.15) is 13.2 Å². The van der Waals surface area contributed by atoms with Crippen molar-refractivity contribution in [3.05, 3.63) is 57.8 Å². The number of para-hydroxylation sites is 1. The van der Waals surface area contributed by atoms with E-state index in [1.165, 1.54) is 11.1 Å². The van der Waals surface area contributed by atoms with Gasteiger partial charge < -0.3 is 14.5 Å². The molecule has 2 fully saturated rings. The van der Waals surface area contributed by atoms with Crippen LogP contribution in [0.15, 0.2) is 35.4 Å². The molecule has 0 saturated carbocycles. The van der Waals surface area contributed by atoms with Gasteiger partial charge in [0, 0.05) is 31.6 Å².